The van der Waals surface area contributed by atoms with Gasteiger partial charge in [-0.3, -0.25) is 0 Å². The zero-order valence-electron chi connectivity index (χ0n) is 12.7. The molecule has 110 valence electrons. The second-order valence-corrected chi connectivity index (χ2v) is 7.52. The Bertz CT molecular complexity index is 290. The van der Waals surface area contributed by atoms with Crippen LogP contribution in [0.1, 0.15) is 84.0 Å². The van der Waals surface area contributed by atoms with Gasteiger partial charge in [-0.1, -0.05) is 38.5 Å². The molecule has 3 aliphatic rings. The summed E-state index contributed by atoms with van der Waals surface area (Å²) in [5, 5.41) is 3.84. The second kappa shape index (κ2) is 5.73. The molecule has 19 heavy (non-hydrogen) atoms. The molecular formula is C17H31NO. The van der Waals surface area contributed by atoms with Crippen molar-refractivity contribution in [1.29, 1.82) is 0 Å². The number of ether oxygens (including phenoxy) is 1. The zero-order chi connectivity index (χ0) is 13.2. The van der Waals surface area contributed by atoms with Crippen molar-refractivity contribution in [3.63, 3.8) is 0 Å². The van der Waals surface area contributed by atoms with E-state index in [1.165, 1.54) is 77.0 Å². The molecule has 1 spiro atoms. The molecule has 0 aromatic heterocycles. The van der Waals surface area contributed by atoms with Gasteiger partial charge in [0.1, 0.15) is 0 Å². The molecule has 1 unspecified atom stereocenters. The summed E-state index contributed by atoms with van der Waals surface area (Å²) in [5.41, 5.74) is 0.683. The van der Waals surface area contributed by atoms with Gasteiger partial charge in [0.2, 0.25) is 0 Å². The Morgan fingerprint density at radius 3 is 2.21 bits per heavy atom. The summed E-state index contributed by atoms with van der Waals surface area (Å²) in [4.78, 5) is 0. The Morgan fingerprint density at radius 2 is 1.53 bits per heavy atom. The molecule has 3 fully saturated rings. The van der Waals surface area contributed by atoms with E-state index in [4.69, 9.17) is 4.74 Å². The van der Waals surface area contributed by atoms with E-state index in [-0.39, 0.29) is 5.60 Å². The van der Waals surface area contributed by atoms with E-state index in [1.807, 2.05) is 0 Å². The first-order valence-electron chi connectivity index (χ1n) is 8.63. The molecule has 2 aliphatic carbocycles. The van der Waals surface area contributed by atoms with Crippen LogP contribution in [0.4, 0.5) is 0 Å². The highest BCUT2D eigenvalue weighted by Gasteiger charge is 2.41. The normalized spacial score (nSPS) is 33.6. The highest BCUT2D eigenvalue weighted by atomic mass is 16.5. The van der Waals surface area contributed by atoms with Gasteiger partial charge in [-0.15, -0.1) is 0 Å². The molecule has 0 amide bonds. The van der Waals surface area contributed by atoms with Crippen molar-refractivity contribution in [2.75, 3.05) is 6.54 Å². The molecule has 1 aliphatic heterocycles. The maximum atomic E-state index is 6.46. The molecule has 1 atom stereocenters. The maximum absolute atomic E-state index is 6.46. The van der Waals surface area contributed by atoms with Gasteiger partial charge in [-0.05, 0) is 45.4 Å². The van der Waals surface area contributed by atoms with Gasteiger partial charge in [0, 0.05) is 12.1 Å². The zero-order valence-corrected chi connectivity index (χ0v) is 12.7. The SMILES string of the molecule is CC1(NCC2CCC3(CCCCC3)O2)CCCCC1. The predicted octanol–water partition coefficient (Wildman–Crippen LogP) is 4.18. The predicted molar refractivity (Wildman–Crippen MR) is 79.4 cm³/mol. The summed E-state index contributed by atoms with van der Waals surface area (Å²) in [6.07, 6.45) is 16.9. The highest BCUT2D eigenvalue weighted by molar-refractivity contribution is 4.93. The Morgan fingerprint density at radius 1 is 0.895 bits per heavy atom. The van der Waals surface area contributed by atoms with Crippen LogP contribution in [0, 0.1) is 0 Å². The summed E-state index contributed by atoms with van der Waals surface area (Å²) in [7, 11) is 0. The minimum absolute atomic E-state index is 0.290. The molecule has 2 nitrogen and oxygen atoms in total. The molecule has 0 aromatic rings. The van der Waals surface area contributed by atoms with Gasteiger partial charge in [0.15, 0.2) is 0 Å². The van der Waals surface area contributed by atoms with E-state index in [0.717, 1.165) is 6.54 Å². The van der Waals surface area contributed by atoms with E-state index in [1.54, 1.807) is 0 Å². The van der Waals surface area contributed by atoms with Crippen LogP contribution in [0.3, 0.4) is 0 Å². The molecule has 1 N–H and O–H groups in total. The monoisotopic (exact) mass is 265 g/mol. The van der Waals surface area contributed by atoms with Gasteiger partial charge < -0.3 is 10.1 Å². The molecule has 2 heteroatoms. The Hall–Kier alpha value is -0.0800. The fourth-order valence-corrected chi connectivity index (χ4v) is 4.47. The van der Waals surface area contributed by atoms with Crippen LogP contribution >= 0.6 is 0 Å². The molecule has 0 radical (unpaired) electrons. The minimum atomic E-state index is 0.290. The van der Waals surface area contributed by atoms with Gasteiger partial charge in [0.25, 0.3) is 0 Å². The average molecular weight is 265 g/mol. The van der Waals surface area contributed by atoms with Crippen LogP contribution in [0.5, 0.6) is 0 Å². The third-order valence-corrected chi connectivity index (χ3v) is 5.82. The van der Waals surface area contributed by atoms with Crippen LogP contribution in [0.25, 0.3) is 0 Å². The summed E-state index contributed by atoms with van der Waals surface area (Å²) >= 11 is 0. The van der Waals surface area contributed by atoms with Crippen molar-refractivity contribution in [3.05, 3.63) is 0 Å². The standard InChI is InChI=1S/C17H31NO/c1-16(9-4-2-5-10-16)18-14-15-8-13-17(19-15)11-6-3-7-12-17/h15,18H,2-14H2,1H3. The Labute approximate surface area is 118 Å². The lowest BCUT2D eigenvalue weighted by Gasteiger charge is -2.37. The summed E-state index contributed by atoms with van der Waals surface area (Å²) in [6.45, 7) is 3.50. The quantitative estimate of drug-likeness (QED) is 0.826. The Kier molecular flexibility index (Phi) is 4.19. The number of hydrogen-bond donors (Lipinski definition) is 1. The minimum Gasteiger partial charge on any atom is -0.370 e. The molecule has 1 heterocycles. The van der Waals surface area contributed by atoms with Gasteiger partial charge >= 0.3 is 0 Å². The van der Waals surface area contributed by atoms with Crippen molar-refractivity contribution in [3.8, 4) is 0 Å². The van der Waals surface area contributed by atoms with E-state index in [0.29, 0.717) is 11.6 Å². The lowest BCUT2D eigenvalue weighted by atomic mass is 9.82. The van der Waals surface area contributed by atoms with Crippen molar-refractivity contribution in [2.45, 2.75) is 101 Å². The summed E-state index contributed by atoms with van der Waals surface area (Å²) in [5.74, 6) is 0. The van der Waals surface area contributed by atoms with Crippen LogP contribution in [0.15, 0.2) is 0 Å². The summed E-state index contributed by atoms with van der Waals surface area (Å²) < 4.78 is 6.46. The summed E-state index contributed by atoms with van der Waals surface area (Å²) in [6, 6.07) is 0. The van der Waals surface area contributed by atoms with Crippen LogP contribution in [0.2, 0.25) is 0 Å². The van der Waals surface area contributed by atoms with Crippen molar-refractivity contribution in [1.82, 2.24) is 5.32 Å². The number of rotatable bonds is 3. The topological polar surface area (TPSA) is 21.3 Å². The average Bonchev–Trinajstić information content (AvgIpc) is 2.82. The maximum Gasteiger partial charge on any atom is 0.0708 e. The molecular weight excluding hydrogens is 234 g/mol. The van der Waals surface area contributed by atoms with Gasteiger partial charge in [-0.2, -0.15) is 0 Å². The third kappa shape index (κ3) is 3.33. The first kappa shape index (κ1) is 13.9. The smallest absolute Gasteiger partial charge is 0.0708 e. The number of hydrogen-bond acceptors (Lipinski definition) is 2. The van der Waals surface area contributed by atoms with Crippen LogP contribution < -0.4 is 5.32 Å². The molecule has 0 bridgehead atoms. The van der Waals surface area contributed by atoms with E-state index in [2.05, 4.69) is 12.2 Å². The molecule has 1 saturated heterocycles. The van der Waals surface area contributed by atoms with E-state index < -0.39 is 0 Å². The van der Waals surface area contributed by atoms with Gasteiger partial charge in [-0.25, -0.2) is 0 Å². The van der Waals surface area contributed by atoms with E-state index in [9.17, 15) is 0 Å². The van der Waals surface area contributed by atoms with Crippen molar-refractivity contribution >= 4 is 0 Å². The van der Waals surface area contributed by atoms with Gasteiger partial charge in [0.05, 0.1) is 11.7 Å². The molecule has 3 rings (SSSR count). The van der Waals surface area contributed by atoms with Crippen molar-refractivity contribution < 1.29 is 4.74 Å². The lowest BCUT2D eigenvalue weighted by Crippen LogP contribution is -2.47. The fraction of sp³-hybridized carbons (Fsp3) is 1.00. The lowest BCUT2D eigenvalue weighted by molar-refractivity contribution is -0.0644. The largest absolute Gasteiger partial charge is 0.370 e. The Balaban J connectivity index is 1.46. The van der Waals surface area contributed by atoms with Crippen LogP contribution in [-0.2, 0) is 4.74 Å². The van der Waals surface area contributed by atoms with E-state index >= 15 is 0 Å². The molecule has 2 saturated carbocycles. The first-order valence-corrected chi connectivity index (χ1v) is 8.63. The molecule has 0 aromatic carbocycles. The fourth-order valence-electron chi connectivity index (χ4n) is 4.47. The highest BCUT2D eigenvalue weighted by Crippen LogP contribution is 2.42. The van der Waals surface area contributed by atoms with Crippen molar-refractivity contribution in [2.24, 2.45) is 0 Å². The number of nitrogens with one attached hydrogen (secondary N) is 1. The second-order valence-electron chi connectivity index (χ2n) is 7.52. The first-order chi connectivity index (χ1) is 9.20. The third-order valence-electron chi connectivity index (χ3n) is 5.82. The van der Waals surface area contributed by atoms with Crippen LogP contribution in [-0.4, -0.2) is 23.8 Å².